The minimum atomic E-state index is -4.00. The number of hydrogen-bond donors (Lipinski definition) is 2. The Balaban J connectivity index is 2.43. The Morgan fingerprint density at radius 2 is 1.86 bits per heavy atom. The van der Waals surface area contributed by atoms with Gasteiger partial charge in [-0.05, 0) is 42.8 Å². The average molecular weight is 312 g/mol. The van der Waals surface area contributed by atoms with Gasteiger partial charge in [0.1, 0.15) is 11.6 Å². The molecule has 112 valence electrons. The van der Waals surface area contributed by atoms with Crippen LogP contribution in [-0.2, 0) is 16.6 Å². The number of rotatable bonds is 4. The van der Waals surface area contributed by atoms with Crippen molar-refractivity contribution in [2.24, 2.45) is 5.73 Å². The highest BCUT2D eigenvalue weighted by molar-refractivity contribution is 7.92. The van der Waals surface area contributed by atoms with Crippen LogP contribution in [0.25, 0.3) is 0 Å². The molecule has 0 saturated carbocycles. The third-order valence-corrected chi connectivity index (χ3v) is 4.45. The largest absolute Gasteiger partial charge is 0.326 e. The van der Waals surface area contributed by atoms with Crippen LogP contribution in [-0.4, -0.2) is 8.42 Å². The van der Waals surface area contributed by atoms with Crippen molar-refractivity contribution in [2.45, 2.75) is 18.4 Å². The molecule has 0 aliphatic heterocycles. The van der Waals surface area contributed by atoms with Gasteiger partial charge in [0.25, 0.3) is 10.0 Å². The molecule has 0 heterocycles. The Kier molecular flexibility index (Phi) is 4.24. The molecule has 2 aromatic rings. The zero-order valence-corrected chi connectivity index (χ0v) is 12.0. The van der Waals surface area contributed by atoms with Gasteiger partial charge in [-0.3, -0.25) is 4.72 Å². The van der Waals surface area contributed by atoms with E-state index in [0.29, 0.717) is 5.56 Å². The molecule has 21 heavy (non-hydrogen) atoms. The molecule has 4 nitrogen and oxygen atoms in total. The summed E-state index contributed by atoms with van der Waals surface area (Å²) in [6, 6.07) is 7.50. The topological polar surface area (TPSA) is 72.2 Å². The van der Waals surface area contributed by atoms with Gasteiger partial charge in [0.05, 0.1) is 4.90 Å². The number of halogens is 2. The molecule has 0 unspecified atom stereocenters. The van der Waals surface area contributed by atoms with Crippen molar-refractivity contribution >= 4 is 15.7 Å². The van der Waals surface area contributed by atoms with Gasteiger partial charge >= 0.3 is 0 Å². The van der Waals surface area contributed by atoms with E-state index in [0.717, 1.165) is 12.1 Å². The maximum atomic E-state index is 13.6. The first-order valence-electron chi connectivity index (χ1n) is 6.11. The average Bonchev–Trinajstić information content (AvgIpc) is 2.42. The van der Waals surface area contributed by atoms with E-state index in [1.165, 1.54) is 31.2 Å². The summed E-state index contributed by atoms with van der Waals surface area (Å²) in [5, 5.41) is 0. The highest BCUT2D eigenvalue weighted by atomic mass is 32.2. The fourth-order valence-corrected chi connectivity index (χ4v) is 3.22. The van der Waals surface area contributed by atoms with Crippen LogP contribution in [0.4, 0.5) is 14.5 Å². The molecular weight excluding hydrogens is 298 g/mol. The molecule has 0 aromatic heterocycles. The number of nitrogens with one attached hydrogen (secondary N) is 1. The van der Waals surface area contributed by atoms with Crippen LogP contribution in [0.15, 0.2) is 41.3 Å². The van der Waals surface area contributed by atoms with E-state index < -0.39 is 21.7 Å². The zero-order chi connectivity index (χ0) is 15.6. The second-order valence-corrected chi connectivity index (χ2v) is 6.14. The highest BCUT2D eigenvalue weighted by Gasteiger charge is 2.20. The molecule has 0 amide bonds. The lowest BCUT2D eigenvalue weighted by atomic mass is 10.2. The number of sulfonamides is 1. The number of nitrogens with two attached hydrogens (primary N) is 1. The maximum Gasteiger partial charge on any atom is 0.262 e. The predicted molar refractivity (Wildman–Crippen MR) is 76.2 cm³/mol. The summed E-state index contributed by atoms with van der Waals surface area (Å²) in [5.74, 6) is -1.12. The number of benzene rings is 2. The van der Waals surface area contributed by atoms with Crippen LogP contribution in [0, 0.1) is 18.6 Å². The minimum Gasteiger partial charge on any atom is -0.326 e. The Morgan fingerprint density at radius 3 is 2.48 bits per heavy atom. The molecule has 0 aliphatic rings. The molecule has 0 bridgehead atoms. The summed E-state index contributed by atoms with van der Waals surface area (Å²) in [4.78, 5) is -0.230. The van der Waals surface area contributed by atoms with Gasteiger partial charge in [-0.15, -0.1) is 0 Å². The van der Waals surface area contributed by atoms with Gasteiger partial charge in [0.2, 0.25) is 0 Å². The molecule has 0 saturated heterocycles. The molecule has 0 atom stereocenters. The van der Waals surface area contributed by atoms with E-state index in [9.17, 15) is 17.2 Å². The Bertz CT molecular complexity index is 777. The zero-order valence-electron chi connectivity index (χ0n) is 11.2. The van der Waals surface area contributed by atoms with Crippen molar-refractivity contribution in [1.29, 1.82) is 0 Å². The van der Waals surface area contributed by atoms with Crippen LogP contribution in [0.1, 0.15) is 11.1 Å². The molecule has 2 aromatic carbocycles. The standard InChI is InChI=1S/C14H14F2N2O2S/c1-9-7-10(5-6-12(9)15)18-21(19,20)14-4-2-3-13(16)11(14)8-17/h2-7,18H,8,17H2,1H3. The van der Waals surface area contributed by atoms with Gasteiger partial charge in [-0.25, -0.2) is 17.2 Å². The van der Waals surface area contributed by atoms with E-state index in [1.807, 2.05) is 0 Å². The first-order valence-corrected chi connectivity index (χ1v) is 7.60. The Morgan fingerprint density at radius 1 is 1.14 bits per heavy atom. The quantitative estimate of drug-likeness (QED) is 0.911. The normalized spacial score (nSPS) is 11.4. The molecule has 2 rings (SSSR count). The minimum absolute atomic E-state index is 0.0937. The maximum absolute atomic E-state index is 13.6. The number of aryl methyl sites for hydroxylation is 1. The van der Waals surface area contributed by atoms with Crippen molar-refractivity contribution < 1.29 is 17.2 Å². The van der Waals surface area contributed by atoms with Gasteiger partial charge < -0.3 is 5.73 Å². The summed E-state index contributed by atoms with van der Waals surface area (Å²) in [6.45, 7) is 1.27. The summed E-state index contributed by atoms with van der Waals surface area (Å²) in [7, 11) is -4.00. The molecule has 3 N–H and O–H groups in total. The summed E-state index contributed by atoms with van der Waals surface area (Å²) < 4.78 is 53.7. The Hall–Kier alpha value is -1.99. The molecule has 0 spiro atoms. The molecule has 0 fully saturated rings. The highest BCUT2D eigenvalue weighted by Crippen LogP contribution is 2.22. The Labute approximate surface area is 121 Å². The van der Waals surface area contributed by atoms with Gasteiger partial charge in [0, 0.05) is 17.8 Å². The fraction of sp³-hybridized carbons (Fsp3) is 0.143. The molecular formula is C14H14F2N2O2S. The monoisotopic (exact) mass is 312 g/mol. The summed E-state index contributed by atoms with van der Waals surface area (Å²) in [6.07, 6.45) is 0. The van der Waals surface area contributed by atoms with Crippen molar-refractivity contribution in [3.8, 4) is 0 Å². The van der Waals surface area contributed by atoms with Crippen molar-refractivity contribution in [2.75, 3.05) is 4.72 Å². The van der Waals surface area contributed by atoms with Crippen molar-refractivity contribution in [3.63, 3.8) is 0 Å². The molecule has 0 radical (unpaired) electrons. The van der Waals surface area contributed by atoms with E-state index in [4.69, 9.17) is 5.73 Å². The first-order chi connectivity index (χ1) is 9.85. The van der Waals surface area contributed by atoms with E-state index in [2.05, 4.69) is 4.72 Å². The van der Waals surface area contributed by atoms with Gasteiger partial charge in [0.15, 0.2) is 0 Å². The third-order valence-electron chi connectivity index (χ3n) is 2.98. The van der Waals surface area contributed by atoms with E-state index in [1.54, 1.807) is 0 Å². The second kappa shape index (κ2) is 5.79. The van der Waals surface area contributed by atoms with E-state index >= 15 is 0 Å². The lowest BCUT2D eigenvalue weighted by Crippen LogP contribution is -2.17. The molecule has 0 aliphatic carbocycles. The lowest BCUT2D eigenvalue weighted by Gasteiger charge is -2.12. The van der Waals surface area contributed by atoms with Gasteiger partial charge in [-0.2, -0.15) is 0 Å². The number of anilines is 1. The first kappa shape index (κ1) is 15.4. The number of hydrogen-bond acceptors (Lipinski definition) is 3. The summed E-state index contributed by atoms with van der Waals surface area (Å²) in [5.41, 5.74) is 5.81. The van der Waals surface area contributed by atoms with Crippen LogP contribution < -0.4 is 10.5 Å². The van der Waals surface area contributed by atoms with Crippen LogP contribution in [0.3, 0.4) is 0 Å². The smallest absolute Gasteiger partial charge is 0.262 e. The van der Waals surface area contributed by atoms with Crippen molar-refractivity contribution in [1.82, 2.24) is 0 Å². The summed E-state index contributed by atoms with van der Waals surface area (Å²) >= 11 is 0. The van der Waals surface area contributed by atoms with Crippen molar-refractivity contribution in [3.05, 3.63) is 59.2 Å². The SMILES string of the molecule is Cc1cc(NS(=O)(=O)c2cccc(F)c2CN)ccc1F. The lowest BCUT2D eigenvalue weighted by molar-refractivity contribution is 0.585. The van der Waals surface area contributed by atoms with E-state index in [-0.39, 0.29) is 22.7 Å². The second-order valence-electron chi connectivity index (χ2n) is 4.49. The predicted octanol–water partition coefficient (Wildman–Crippen LogP) is 2.53. The fourth-order valence-electron chi connectivity index (χ4n) is 1.91. The van der Waals surface area contributed by atoms with Gasteiger partial charge in [-0.1, -0.05) is 6.07 Å². The van der Waals surface area contributed by atoms with Crippen LogP contribution in [0.2, 0.25) is 0 Å². The molecule has 7 heteroatoms. The van der Waals surface area contributed by atoms with Crippen LogP contribution >= 0.6 is 0 Å². The van der Waals surface area contributed by atoms with Crippen LogP contribution in [0.5, 0.6) is 0 Å². The third kappa shape index (κ3) is 3.20.